The molecule has 1 aromatic carbocycles. The largest absolute Gasteiger partial charge is 0.457 e. The van der Waals surface area contributed by atoms with E-state index in [0.29, 0.717) is 36.2 Å². The van der Waals surface area contributed by atoms with Gasteiger partial charge in [0.05, 0.1) is 11.1 Å². The second-order valence-electron chi connectivity index (χ2n) is 6.88. The Morgan fingerprint density at radius 3 is 2.52 bits per heavy atom. The highest BCUT2D eigenvalue weighted by Crippen LogP contribution is 2.47. The number of aromatic nitrogens is 1. The van der Waals surface area contributed by atoms with Crippen LogP contribution < -0.4 is 0 Å². The summed E-state index contributed by atoms with van der Waals surface area (Å²) in [5, 5.41) is 0. The van der Waals surface area contributed by atoms with Gasteiger partial charge in [-0.3, -0.25) is 19.4 Å². The quantitative estimate of drug-likeness (QED) is 0.780. The molecule has 1 aliphatic heterocycles. The van der Waals surface area contributed by atoms with Gasteiger partial charge in [-0.2, -0.15) is 0 Å². The Hall–Kier alpha value is -3.34. The summed E-state index contributed by atoms with van der Waals surface area (Å²) in [7, 11) is 0. The van der Waals surface area contributed by atoms with Gasteiger partial charge in [0.2, 0.25) is 5.78 Å². The number of hydrogen-bond donors (Lipinski definition) is 0. The van der Waals surface area contributed by atoms with Gasteiger partial charge in [-0.15, -0.1) is 0 Å². The zero-order valence-electron chi connectivity index (χ0n) is 14.4. The average Bonchev–Trinajstić information content (AvgIpc) is 2.71. The second kappa shape index (κ2) is 5.84. The van der Waals surface area contributed by atoms with Crippen molar-refractivity contribution in [3.63, 3.8) is 0 Å². The van der Waals surface area contributed by atoms with Crippen molar-refractivity contribution in [2.24, 2.45) is 0 Å². The van der Waals surface area contributed by atoms with E-state index in [1.165, 1.54) is 18.5 Å². The topological polar surface area (TPSA) is 73.3 Å². The van der Waals surface area contributed by atoms with Gasteiger partial charge < -0.3 is 4.74 Å². The number of carbonyl (C=O) groups is 3. The van der Waals surface area contributed by atoms with Crippen molar-refractivity contribution in [2.75, 3.05) is 0 Å². The van der Waals surface area contributed by atoms with E-state index in [4.69, 9.17) is 4.74 Å². The van der Waals surface area contributed by atoms with Crippen LogP contribution in [0.5, 0.6) is 0 Å². The number of allylic oxidation sites excluding steroid dienone is 4. The van der Waals surface area contributed by atoms with Gasteiger partial charge in [0.15, 0.2) is 17.3 Å². The number of carbonyl (C=O) groups excluding carboxylic acids is 3. The number of nitrogens with zero attached hydrogens (tertiary/aromatic N) is 1. The molecule has 2 heterocycles. The Bertz CT molecular complexity index is 1080. The van der Waals surface area contributed by atoms with E-state index < -0.39 is 5.92 Å². The highest BCUT2D eigenvalue weighted by molar-refractivity contribution is 6.27. The van der Waals surface area contributed by atoms with E-state index in [9.17, 15) is 14.4 Å². The first-order chi connectivity index (χ1) is 13.2. The maximum Gasteiger partial charge on any atom is 0.229 e. The summed E-state index contributed by atoms with van der Waals surface area (Å²) in [5.74, 6) is -0.645. The highest BCUT2D eigenvalue weighted by Gasteiger charge is 2.46. The SMILES string of the molecule is O=C1CCCC2=C1C(c1ccccc1)C1=C(O2)C(=O)c2ccncc2C1=O. The van der Waals surface area contributed by atoms with E-state index in [0.717, 1.165) is 5.56 Å². The molecule has 3 aliphatic rings. The first-order valence-electron chi connectivity index (χ1n) is 8.93. The van der Waals surface area contributed by atoms with E-state index in [1.807, 2.05) is 30.3 Å². The Morgan fingerprint density at radius 2 is 1.70 bits per heavy atom. The Kier molecular flexibility index (Phi) is 3.44. The fourth-order valence-electron chi connectivity index (χ4n) is 4.14. The van der Waals surface area contributed by atoms with Crippen LogP contribution in [-0.2, 0) is 9.53 Å². The molecule has 132 valence electrons. The van der Waals surface area contributed by atoms with Crippen molar-refractivity contribution in [3.05, 3.63) is 88.1 Å². The van der Waals surface area contributed by atoms with Crippen LogP contribution in [0.25, 0.3) is 0 Å². The number of hydrogen-bond acceptors (Lipinski definition) is 5. The summed E-state index contributed by atoms with van der Waals surface area (Å²) in [6.07, 6.45) is 4.60. The number of ketones is 3. The summed E-state index contributed by atoms with van der Waals surface area (Å²) >= 11 is 0. The zero-order chi connectivity index (χ0) is 18.5. The minimum absolute atomic E-state index is 0.0196. The molecule has 0 spiro atoms. The number of fused-ring (bicyclic) bond motifs is 1. The van der Waals surface area contributed by atoms with E-state index in [1.54, 1.807) is 0 Å². The molecule has 1 unspecified atom stereocenters. The molecule has 1 aromatic heterocycles. The van der Waals surface area contributed by atoms with Gasteiger partial charge in [-0.05, 0) is 18.1 Å². The molecular weight excluding hydrogens is 342 g/mol. The Morgan fingerprint density at radius 1 is 0.889 bits per heavy atom. The standard InChI is InChI=1S/C22H15NO4/c24-15-7-4-8-16-18(15)17(12-5-2-1-3-6-12)19-20(25)14-11-23-10-9-13(14)21(26)22(19)27-16/h1-3,5-6,9-11,17H,4,7-8H2. The number of rotatable bonds is 1. The third-order valence-corrected chi connectivity index (χ3v) is 5.35. The number of ether oxygens (including phenoxy) is 1. The smallest absolute Gasteiger partial charge is 0.229 e. The molecule has 1 atom stereocenters. The number of pyridine rings is 1. The normalized spacial score (nSPS) is 21.5. The Labute approximate surface area is 155 Å². The van der Waals surface area contributed by atoms with Crippen molar-refractivity contribution < 1.29 is 19.1 Å². The van der Waals surface area contributed by atoms with Crippen molar-refractivity contribution >= 4 is 17.3 Å². The maximum absolute atomic E-state index is 13.3. The second-order valence-corrected chi connectivity index (χ2v) is 6.88. The minimum atomic E-state index is -0.581. The number of benzene rings is 1. The molecule has 0 N–H and O–H groups in total. The predicted octanol–water partition coefficient (Wildman–Crippen LogP) is 3.54. The minimum Gasteiger partial charge on any atom is -0.457 e. The molecule has 5 nitrogen and oxygen atoms in total. The lowest BCUT2D eigenvalue weighted by atomic mass is 9.72. The van der Waals surface area contributed by atoms with Gasteiger partial charge in [-0.1, -0.05) is 30.3 Å². The molecule has 27 heavy (non-hydrogen) atoms. The lowest BCUT2D eigenvalue weighted by molar-refractivity contribution is -0.116. The highest BCUT2D eigenvalue weighted by atomic mass is 16.5. The summed E-state index contributed by atoms with van der Waals surface area (Å²) < 4.78 is 5.90. The van der Waals surface area contributed by atoms with Gasteiger partial charge in [-0.25, -0.2) is 0 Å². The molecule has 2 aliphatic carbocycles. The maximum atomic E-state index is 13.3. The molecule has 0 radical (unpaired) electrons. The lowest BCUT2D eigenvalue weighted by Gasteiger charge is -2.35. The third kappa shape index (κ3) is 2.24. The first-order valence-corrected chi connectivity index (χ1v) is 8.93. The molecule has 0 saturated heterocycles. The Balaban J connectivity index is 1.77. The van der Waals surface area contributed by atoms with Gasteiger partial charge in [0.25, 0.3) is 0 Å². The molecule has 2 aromatic rings. The molecule has 0 bridgehead atoms. The molecular formula is C22H15NO4. The molecule has 0 amide bonds. The van der Waals surface area contributed by atoms with E-state index in [2.05, 4.69) is 4.98 Å². The van der Waals surface area contributed by atoms with Crippen molar-refractivity contribution in [1.82, 2.24) is 4.98 Å². The van der Waals surface area contributed by atoms with Crippen LogP contribution in [0.1, 0.15) is 51.5 Å². The van der Waals surface area contributed by atoms with Crippen LogP contribution in [0.4, 0.5) is 0 Å². The van der Waals surface area contributed by atoms with Gasteiger partial charge in [0, 0.05) is 42.3 Å². The van der Waals surface area contributed by atoms with Crippen LogP contribution >= 0.6 is 0 Å². The molecule has 5 rings (SSSR count). The average molecular weight is 357 g/mol. The summed E-state index contributed by atoms with van der Waals surface area (Å²) in [5.41, 5.74) is 2.13. The fourth-order valence-corrected chi connectivity index (χ4v) is 4.14. The van der Waals surface area contributed by atoms with Crippen molar-refractivity contribution in [2.45, 2.75) is 25.2 Å². The third-order valence-electron chi connectivity index (χ3n) is 5.35. The van der Waals surface area contributed by atoms with Crippen LogP contribution in [0.3, 0.4) is 0 Å². The summed E-state index contributed by atoms with van der Waals surface area (Å²) in [6.45, 7) is 0. The van der Waals surface area contributed by atoms with Crippen LogP contribution in [-0.4, -0.2) is 22.3 Å². The fraction of sp³-hybridized carbons (Fsp3) is 0.182. The lowest BCUT2D eigenvalue weighted by Crippen LogP contribution is -2.34. The summed E-state index contributed by atoms with van der Waals surface area (Å²) in [6, 6.07) is 10.9. The van der Waals surface area contributed by atoms with Crippen molar-refractivity contribution in [1.29, 1.82) is 0 Å². The van der Waals surface area contributed by atoms with Crippen LogP contribution in [0.2, 0.25) is 0 Å². The monoisotopic (exact) mass is 357 g/mol. The first kappa shape index (κ1) is 15.9. The van der Waals surface area contributed by atoms with E-state index >= 15 is 0 Å². The van der Waals surface area contributed by atoms with Crippen LogP contribution in [0.15, 0.2) is 71.5 Å². The molecule has 5 heteroatoms. The van der Waals surface area contributed by atoms with Gasteiger partial charge >= 0.3 is 0 Å². The predicted molar refractivity (Wildman–Crippen MR) is 96.1 cm³/mol. The molecule has 0 saturated carbocycles. The summed E-state index contributed by atoms with van der Waals surface area (Å²) in [4.78, 5) is 43.1. The number of Topliss-reactive ketones (excluding diaryl/α,β-unsaturated/α-hetero) is 3. The van der Waals surface area contributed by atoms with E-state index in [-0.39, 0.29) is 34.2 Å². The zero-order valence-corrected chi connectivity index (χ0v) is 14.4. The van der Waals surface area contributed by atoms with Crippen LogP contribution in [0, 0.1) is 0 Å². The van der Waals surface area contributed by atoms with Crippen molar-refractivity contribution in [3.8, 4) is 0 Å². The molecule has 0 fully saturated rings. The van der Waals surface area contributed by atoms with Gasteiger partial charge in [0.1, 0.15) is 5.76 Å².